The lowest BCUT2D eigenvalue weighted by Crippen LogP contribution is -2.52. The van der Waals surface area contributed by atoms with E-state index >= 15 is 0 Å². The second-order valence-corrected chi connectivity index (χ2v) is 5.72. The molecule has 0 saturated heterocycles. The zero-order valence-corrected chi connectivity index (χ0v) is 13.0. The van der Waals surface area contributed by atoms with Crippen molar-refractivity contribution < 1.29 is 9.53 Å². The van der Waals surface area contributed by atoms with Crippen molar-refractivity contribution in [3.05, 3.63) is 0 Å². The predicted octanol–water partition coefficient (Wildman–Crippen LogP) is 2.18. The van der Waals surface area contributed by atoms with Gasteiger partial charge in [-0.15, -0.1) is 0 Å². The first kappa shape index (κ1) is 16.4. The van der Waals surface area contributed by atoms with Gasteiger partial charge in [0.1, 0.15) is 5.54 Å². The summed E-state index contributed by atoms with van der Waals surface area (Å²) in [5.41, 5.74) is -0.553. The van der Waals surface area contributed by atoms with E-state index in [-0.39, 0.29) is 5.97 Å². The molecule has 112 valence electrons. The lowest BCUT2D eigenvalue weighted by atomic mass is 9.97. The number of rotatable bonds is 10. The highest BCUT2D eigenvalue weighted by Crippen LogP contribution is 2.28. The summed E-state index contributed by atoms with van der Waals surface area (Å²) in [7, 11) is 1.47. The minimum atomic E-state index is -0.553. The quantitative estimate of drug-likeness (QED) is 0.618. The van der Waals surface area contributed by atoms with Crippen LogP contribution in [-0.2, 0) is 9.53 Å². The summed E-state index contributed by atoms with van der Waals surface area (Å²) in [5.74, 6) is -0.152. The summed E-state index contributed by atoms with van der Waals surface area (Å²) in [4.78, 5) is 14.5. The highest BCUT2D eigenvalue weighted by molar-refractivity contribution is 5.80. The summed E-state index contributed by atoms with van der Waals surface area (Å²) in [6.07, 6.45) is 5.92. The molecule has 1 rings (SSSR count). The van der Waals surface area contributed by atoms with Gasteiger partial charge in [-0.1, -0.05) is 20.3 Å². The average molecular weight is 270 g/mol. The molecule has 1 unspecified atom stereocenters. The van der Waals surface area contributed by atoms with Crippen LogP contribution in [-0.4, -0.2) is 49.2 Å². The summed E-state index contributed by atoms with van der Waals surface area (Å²) >= 11 is 0. The second-order valence-electron chi connectivity index (χ2n) is 5.72. The number of nitrogens with one attached hydrogen (secondary N) is 1. The van der Waals surface area contributed by atoms with Gasteiger partial charge in [-0.25, -0.2) is 0 Å². The summed E-state index contributed by atoms with van der Waals surface area (Å²) in [6.45, 7) is 9.12. The van der Waals surface area contributed by atoms with Gasteiger partial charge in [0.2, 0.25) is 0 Å². The molecule has 19 heavy (non-hydrogen) atoms. The van der Waals surface area contributed by atoms with E-state index in [4.69, 9.17) is 4.74 Å². The molecular formula is C15H30N2O2. The number of hydrogen-bond acceptors (Lipinski definition) is 4. The molecule has 0 amide bonds. The van der Waals surface area contributed by atoms with Gasteiger partial charge in [0.25, 0.3) is 0 Å². The van der Waals surface area contributed by atoms with Gasteiger partial charge in [-0.05, 0) is 45.7 Å². The third-order valence-corrected chi connectivity index (χ3v) is 3.96. The van der Waals surface area contributed by atoms with Crippen LogP contribution in [0.4, 0.5) is 0 Å². The van der Waals surface area contributed by atoms with Gasteiger partial charge < -0.3 is 15.0 Å². The van der Waals surface area contributed by atoms with E-state index < -0.39 is 5.54 Å². The zero-order valence-electron chi connectivity index (χ0n) is 13.0. The van der Waals surface area contributed by atoms with Gasteiger partial charge in [0.15, 0.2) is 0 Å². The number of nitrogens with zero attached hydrogens (tertiary/aromatic N) is 1. The highest BCUT2D eigenvalue weighted by atomic mass is 16.5. The van der Waals surface area contributed by atoms with E-state index in [1.54, 1.807) is 0 Å². The van der Waals surface area contributed by atoms with Crippen LogP contribution in [0.25, 0.3) is 0 Å². The molecule has 1 aliphatic rings. The van der Waals surface area contributed by atoms with Crippen molar-refractivity contribution in [3.8, 4) is 0 Å². The van der Waals surface area contributed by atoms with Crippen molar-refractivity contribution >= 4 is 5.97 Å². The Morgan fingerprint density at radius 3 is 2.53 bits per heavy atom. The maximum absolute atomic E-state index is 11.9. The molecule has 0 aromatic rings. The number of ether oxygens (including phenoxy) is 1. The zero-order chi connectivity index (χ0) is 14.3. The molecule has 0 bridgehead atoms. The minimum absolute atomic E-state index is 0.152. The molecule has 1 saturated carbocycles. The largest absolute Gasteiger partial charge is 0.468 e. The second kappa shape index (κ2) is 7.85. The molecule has 4 nitrogen and oxygen atoms in total. The Hall–Kier alpha value is -0.610. The molecule has 4 heteroatoms. The highest BCUT2D eigenvalue weighted by Gasteiger charge is 2.35. The number of methoxy groups -OCH3 is 1. The minimum Gasteiger partial charge on any atom is -0.468 e. The topological polar surface area (TPSA) is 41.6 Å². The molecule has 1 atom stereocenters. The van der Waals surface area contributed by atoms with Gasteiger partial charge in [-0.2, -0.15) is 0 Å². The normalized spacial score (nSPS) is 18.4. The Balaban J connectivity index is 2.50. The van der Waals surface area contributed by atoms with Crippen LogP contribution >= 0.6 is 0 Å². The van der Waals surface area contributed by atoms with Crippen LogP contribution in [0.2, 0.25) is 0 Å². The standard InChI is InChI=1S/C15H30N2O2/c1-5-7-11-17(13-8-9-13)12-10-15(3,16-6-2)14(18)19-4/h13,16H,5-12H2,1-4H3. The fourth-order valence-electron chi connectivity index (χ4n) is 2.52. The third-order valence-electron chi connectivity index (χ3n) is 3.96. The number of carbonyl (C=O) groups excluding carboxylic acids is 1. The number of hydrogen-bond donors (Lipinski definition) is 1. The smallest absolute Gasteiger partial charge is 0.325 e. The number of carbonyl (C=O) groups is 1. The van der Waals surface area contributed by atoms with E-state index in [2.05, 4.69) is 17.1 Å². The Bertz CT molecular complexity index is 279. The first-order valence-corrected chi connectivity index (χ1v) is 7.64. The first-order chi connectivity index (χ1) is 9.07. The summed E-state index contributed by atoms with van der Waals surface area (Å²) in [5, 5.41) is 3.28. The molecule has 1 N–H and O–H groups in total. The predicted molar refractivity (Wildman–Crippen MR) is 78.2 cm³/mol. The molecule has 0 aromatic carbocycles. The van der Waals surface area contributed by atoms with Gasteiger partial charge in [0, 0.05) is 12.6 Å². The Labute approximate surface area is 117 Å². The molecule has 0 aromatic heterocycles. The fraction of sp³-hybridized carbons (Fsp3) is 0.933. The van der Waals surface area contributed by atoms with Gasteiger partial charge in [-0.3, -0.25) is 4.79 Å². The van der Waals surface area contributed by atoms with Crippen LogP contribution < -0.4 is 5.32 Å². The third kappa shape index (κ3) is 5.11. The average Bonchev–Trinajstić information content (AvgIpc) is 3.22. The molecule has 0 aliphatic heterocycles. The van der Waals surface area contributed by atoms with E-state index in [0.29, 0.717) is 0 Å². The lowest BCUT2D eigenvalue weighted by molar-refractivity contribution is -0.148. The molecule has 0 heterocycles. The lowest BCUT2D eigenvalue weighted by Gasteiger charge is -2.31. The Kier molecular flexibility index (Phi) is 6.80. The van der Waals surface area contributed by atoms with E-state index in [1.807, 2.05) is 13.8 Å². The van der Waals surface area contributed by atoms with E-state index in [0.717, 1.165) is 32.1 Å². The molecule has 1 fully saturated rings. The van der Waals surface area contributed by atoms with E-state index in [1.165, 1.54) is 32.8 Å². The fourth-order valence-corrected chi connectivity index (χ4v) is 2.52. The van der Waals surface area contributed by atoms with Gasteiger partial charge >= 0.3 is 5.97 Å². The molecular weight excluding hydrogens is 240 g/mol. The van der Waals surface area contributed by atoms with Gasteiger partial charge in [0.05, 0.1) is 7.11 Å². The van der Waals surface area contributed by atoms with Crippen LogP contribution in [0, 0.1) is 0 Å². The SMILES string of the molecule is CCCCN(CCC(C)(NCC)C(=O)OC)C1CC1. The van der Waals surface area contributed by atoms with Crippen molar-refractivity contribution in [1.29, 1.82) is 0 Å². The Morgan fingerprint density at radius 2 is 2.05 bits per heavy atom. The van der Waals surface area contributed by atoms with E-state index in [9.17, 15) is 4.79 Å². The molecule has 0 spiro atoms. The molecule has 0 radical (unpaired) electrons. The van der Waals surface area contributed by atoms with Crippen LogP contribution in [0.15, 0.2) is 0 Å². The van der Waals surface area contributed by atoms with Crippen LogP contribution in [0.5, 0.6) is 0 Å². The maximum atomic E-state index is 11.9. The van der Waals surface area contributed by atoms with Crippen molar-refractivity contribution in [3.63, 3.8) is 0 Å². The summed E-state index contributed by atoms with van der Waals surface area (Å²) in [6, 6.07) is 0.759. The van der Waals surface area contributed by atoms with Crippen molar-refractivity contribution in [2.75, 3.05) is 26.7 Å². The van der Waals surface area contributed by atoms with Crippen molar-refractivity contribution in [1.82, 2.24) is 10.2 Å². The summed E-state index contributed by atoms with van der Waals surface area (Å²) < 4.78 is 4.94. The maximum Gasteiger partial charge on any atom is 0.325 e. The number of unbranched alkanes of at least 4 members (excludes halogenated alkanes) is 1. The van der Waals surface area contributed by atoms with Crippen molar-refractivity contribution in [2.24, 2.45) is 0 Å². The monoisotopic (exact) mass is 270 g/mol. The van der Waals surface area contributed by atoms with Crippen LogP contribution in [0.1, 0.15) is 52.9 Å². The number of likely N-dealkylation sites (N-methyl/N-ethyl adjacent to an activating group) is 1. The molecule has 1 aliphatic carbocycles. The van der Waals surface area contributed by atoms with Crippen molar-refractivity contribution in [2.45, 2.75) is 64.5 Å². The first-order valence-electron chi connectivity index (χ1n) is 7.64. The Morgan fingerprint density at radius 1 is 1.37 bits per heavy atom. The number of esters is 1. The van der Waals surface area contributed by atoms with Crippen LogP contribution in [0.3, 0.4) is 0 Å².